The summed E-state index contributed by atoms with van der Waals surface area (Å²) in [7, 11) is 1.51. The molecule has 0 spiro atoms. The standard InChI is InChI=1S/C11H13BrFNO3/c1-17-5-4-14-10(11(15)16)8-3-2-7(12)6-9(8)13/h2-3,6,10,14H,4-5H2,1H3,(H,15,16). The lowest BCUT2D eigenvalue weighted by Crippen LogP contribution is -2.31. The SMILES string of the molecule is COCCNC(C(=O)O)c1ccc(Br)cc1F. The molecule has 4 nitrogen and oxygen atoms in total. The first kappa shape index (κ1) is 14.1. The summed E-state index contributed by atoms with van der Waals surface area (Å²) in [6.07, 6.45) is 0. The molecule has 0 saturated heterocycles. The van der Waals surface area contributed by atoms with Crippen molar-refractivity contribution in [1.29, 1.82) is 0 Å². The molecular weight excluding hydrogens is 293 g/mol. The van der Waals surface area contributed by atoms with Crippen molar-refractivity contribution < 1.29 is 19.0 Å². The van der Waals surface area contributed by atoms with E-state index in [0.717, 1.165) is 0 Å². The van der Waals surface area contributed by atoms with Crippen LogP contribution in [0.1, 0.15) is 11.6 Å². The van der Waals surface area contributed by atoms with Crippen LogP contribution < -0.4 is 5.32 Å². The Morgan fingerprint density at radius 2 is 2.35 bits per heavy atom. The number of rotatable bonds is 6. The van der Waals surface area contributed by atoms with Gasteiger partial charge in [-0.3, -0.25) is 10.1 Å². The Hall–Kier alpha value is -0.980. The fourth-order valence-corrected chi connectivity index (χ4v) is 1.70. The molecular formula is C11H13BrFNO3. The molecule has 0 amide bonds. The molecule has 1 atom stereocenters. The molecule has 0 aliphatic carbocycles. The Bertz CT molecular complexity index is 400. The van der Waals surface area contributed by atoms with Crippen LogP contribution in [0.2, 0.25) is 0 Å². The first-order valence-corrected chi connectivity index (χ1v) is 5.75. The summed E-state index contributed by atoms with van der Waals surface area (Å²) >= 11 is 3.12. The molecule has 0 aromatic heterocycles. The van der Waals surface area contributed by atoms with Crippen molar-refractivity contribution in [3.8, 4) is 0 Å². The van der Waals surface area contributed by atoms with Crippen LogP contribution in [0.25, 0.3) is 0 Å². The van der Waals surface area contributed by atoms with Crippen molar-refractivity contribution in [2.24, 2.45) is 0 Å². The highest BCUT2D eigenvalue weighted by molar-refractivity contribution is 9.10. The lowest BCUT2D eigenvalue weighted by molar-refractivity contribution is -0.139. The molecule has 17 heavy (non-hydrogen) atoms. The zero-order valence-electron chi connectivity index (χ0n) is 9.24. The first-order chi connectivity index (χ1) is 8.06. The summed E-state index contributed by atoms with van der Waals surface area (Å²) in [5, 5.41) is 11.8. The minimum atomic E-state index is -1.12. The van der Waals surface area contributed by atoms with E-state index in [1.54, 1.807) is 6.07 Å². The molecule has 0 aliphatic rings. The molecule has 1 aromatic rings. The van der Waals surface area contributed by atoms with Gasteiger partial charge in [0.05, 0.1) is 6.61 Å². The Labute approximate surface area is 107 Å². The average Bonchev–Trinajstić information content (AvgIpc) is 2.25. The maximum Gasteiger partial charge on any atom is 0.325 e. The van der Waals surface area contributed by atoms with Crippen molar-refractivity contribution in [2.75, 3.05) is 20.3 Å². The van der Waals surface area contributed by atoms with E-state index in [1.807, 2.05) is 0 Å². The number of hydrogen-bond donors (Lipinski definition) is 2. The van der Waals surface area contributed by atoms with E-state index in [-0.39, 0.29) is 5.56 Å². The van der Waals surface area contributed by atoms with Crippen LogP contribution in [0, 0.1) is 5.82 Å². The molecule has 0 saturated carbocycles. The summed E-state index contributed by atoms with van der Waals surface area (Å²) in [6.45, 7) is 0.699. The van der Waals surface area contributed by atoms with Crippen LogP contribution in [-0.4, -0.2) is 31.3 Å². The smallest absolute Gasteiger partial charge is 0.325 e. The second kappa shape index (κ2) is 6.68. The zero-order valence-corrected chi connectivity index (χ0v) is 10.8. The molecule has 0 fully saturated rings. The third-order valence-corrected chi connectivity index (χ3v) is 2.67. The van der Waals surface area contributed by atoms with Crippen LogP contribution in [0.15, 0.2) is 22.7 Å². The van der Waals surface area contributed by atoms with Gasteiger partial charge in [0.25, 0.3) is 0 Å². The van der Waals surface area contributed by atoms with E-state index >= 15 is 0 Å². The Morgan fingerprint density at radius 3 is 2.88 bits per heavy atom. The van der Waals surface area contributed by atoms with Gasteiger partial charge in [0.2, 0.25) is 0 Å². The highest BCUT2D eigenvalue weighted by atomic mass is 79.9. The van der Waals surface area contributed by atoms with E-state index in [2.05, 4.69) is 21.2 Å². The molecule has 6 heteroatoms. The number of ether oxygens (including phenoxy) is 1. The van der Waals surface area contributed by atoms with Crippen molar-refractivity contribution >= 4 is 21.9 Å². The Kier molecular flexibility index (Phi) is 5.54. The van der Waals surface area contributed by atoms with Gasteiger partial charge in [-0.25, -0.2) is 4.39 Å². The lowest BCUT2D eigenvalue weighted by atomic mass is 10.1. The van der Waals surface area contributed by atoms with E-state index in [1.165, 1.54) is 19.2 Å². The first-order valence-electron chi connectivity index (χ1n) is 4.96. The fraction of sp³-hybridized carbons (Fsp3) is 0.364. The minimum absolute atomic E-state index is 0.108. The van der Waals surface area contributed by atoms with Crippen LogP contribution in [0.4, 0.5) is 4.39 Å². The molecule has 0 bridgehead atoms. The number of carboxylic acids is 1. The van der Waals surface area contributed by atoms with Crippen LogP contribution >= 0.6 is 15.9 Å². The molecule has 94 valence electrons. The maximum atomic E-state index is 13.6. The van der Waals surface area contributed by atoms with Crippen LogP contribution in [0.5, 0.6) is 0 Å². The Balaban J connectivity index is 2.86. The van der Waals surface area contributed by atoms with Crippen molar-refractivity contribution in [2.45, 2.75) is 6.04 Å². The number of methoxy groups -OCH3 is 1. The largest absolute Gasteiger partial charge is 0.480 e. The molecule has 0 heterocycles. The number of halogens is 2. The van der Waals surface area contributed by atoms with Crippen molar-refractivity contribution in [1.82, 2.24) is 5.32 Å². The van der Waals surface area contributed by atoms with Gasteiger partial charge in [0.1, 0.15) is 11.9 Å². The molecule has 1 unspecified atom stereocenters. The monoisotopic (exact) mass is 305 g/mol. The van der Waals surface area contributed by atoms with Crippen molar-refractivity contribution in [3.05, 3.63) is 34.1 Å². The highest BCUT2D eigenvalue weighted by Gasteiger charge is 2.22. The second-order valence-electron chi connectivity index (χ2n) is 3.38. The van der Waals surface area contributed by atoms with Gasteiger partial charge in [0, 0.05) is 23.7 Å². The van der Waals surface area contributed by atoms with E-state index in [0.29, 0.717) is 17.6 Å². The maximum absolute atomic E-state index is 13.6. The van der Waals surface area contributed by atoms with Crippen LogP contribution in [-0.2, 0) is 9.53 Å². The average molecular weight is 306 g/mol. The number of hydrogen-bond acceptors (Lipinski definition) is 3. The molecule has 0 radical (unpaired) electrons. The van der Waals surface area contributed by atoms with Gasteiger partial charge < -0.3 is 9.84 Å². The number of aliphatic carboxylic acids is 1. The summed E-state index contributed by atoms with van der Waals surface area (Å²) in [6, 6.07) is 3.21. The van der Waals surface area contributed by atoms with Gasteiger partial charge in [-0.15, -0.1) is 0 Å². The zero-order chi connectivity index (χ0) is 12.8. The highest BCUT2D eigenvalue weighted by Crippen LogP contribution is 2.21. The van der Waals surface area contributed by atoms with Crippen molar-refractivity contribution in [3.63, 3.8) is 0 Å². The topological polar surface area (TPSA) is 58.6 Å². The van der Waals surface area contributed by atoms with Gasteiger partial charge in [-0.05, 0) is 12.1 Å². The third kappa shape index (κ3) is 4.07. The van der Waals surface area contributed by atoms with Crippen LogP contribution in [0.3, 0.4) is 0 Å². The number of benzene rings is 1. The Morgan fingerprint density at radius 1 is 1.65 bits per heavy atom. The quantitative estimate of drug-likeness (QED) is 0.789. The third-order valence-electron chi connectivity index (χ3n) is 2.18. The number of carboxylic acid groups (broad SMARTS) is 1. The fourth-order valence-electron chi connectivity index (χ4n) is 1.37. The summed E-state index contributed by atoms with van der Waals surface area (Å²) in [5.41, 5.74) is 0.108. The van der Waals surface area contributed by atoms with E-state index in [4.69, 9.17) is 9.84 Å². The predicted octanol–water partition coefficient (Wildman–Crippen LogP) is 1.95. The molecule has 1 aromatic carbocycles. The van der Waals surface area contributed by atoms with E-state index in [9.17, 15) is 9.18 Å². The van der Waals surface area contributed by atoms with E-state index < -0.39 is 17.8 Å². The summed E-state index contributed by atoms with van der Waals surface area (Å²) in [5.74, 6) is -1.68. The predicted molar refractivity (Wildman–Crippen MR) is 64.4 cm³/mol. The normalized spacial score (nSPS) is 12.4. The lowest BCUT2D eigenvalue weighted by Gasteiger charge is -2.15. The van der Waals surface area contributed by atoms with Gasteiger partial charge in [-0.1, -0.05) is 22.0 Å². The summed E-state index contributed by atoms with van der Waals surface area (Å²) < 4.78 is 19.0. The van der Waals surface area contributed by atoms with Gasteiger partial charge in [-0.2, -0.15) is 0 Å². The molecule has 0 aliphatic heterocycles. The number of nitrogens with one attached hydrogen (secondary N) is 1. The van der Waals surface area contributed by atoms with Gasteiger partial charge in [0.15, 0.2) is 0 Å². The molecule has 1 rings (SSSR count). The number of carbonyl (C=O) groups is 1. The van der Waals surface area contributed by atoms with Gasteiger partial charge >= 0.3 is 5.97 Å². The minimum Gasteiger partial charge on any atom is -0.480 e. The molecule has 2 N–H and O–H groups in total. The summed E-state index contributed by atoms with van der Waals surface area (Å²) in [4.78, 5) is 11.0. The second-order valence-corrected chi connectivity index (χ2v) is 4.30.